The number of fused-ring (bicyclic) bond motifs is 1. The average molecular weight is 496 g/mol. The van der Waals surface area contributed by atoms with Gasteiger partial charge in [0.2, 0.25) is 0 Å². The first-order valence-corrected chi connectivity index (χ1v) is 13.3. The fraction of sp³-hybridized carbons (Fsp3) is 0.429. The Morgan fingerprint density at radius 2 is 1.86 bits per heavy atom. The number of benzene rings is 1. The van der Waals surface area contributed by atoms with Gasteiger partial charge >= 0.3 is 5.97 Å². The van der Waals surface area contributed by atoms with E-state index in [1.165, 1.54) is 16.9 Å². The zero-order valence-electron chi connectivity index (χ0n) is 20.6. The number of carbonyl (C=O) groups excluding carboxylic acids is 2. The van der Waals surface area contributed by atoms with Crippen LogP contribution in [0.3, 0.4) is 0 Å². The van der Waals surface area contributed by atoms with Gasteiger partial charge in [-0.2, -0.15) is 0 Å². The van der Waals surface area contributed by atoms with E-state index >= 15 is 0 Å². The third-order valence-electron chi connectivity index (χ3n) is 6.21. The predicted molar refractivity (Wildman–Crippen MR) is 138 cm³/mol. The molecule has 1 aromatic carbocycles. The van der Waals surface area contributed by atoms with Crippen LogP contribution >= 0.6 is 11.3 Å². The summed E-state index contributed by atoms with van der Waals surface area (Å²) in [5, 5.41) is 3.44. The molecule has 6 nitrogen and oxygen atoms in total. The van der Waals surface area contributed by atoms with Crippen LogP contribution in [0, 0.1) is 0 Å². The van der Waals surface area contributed by atoms with Gasteiger partial charge in [-0.3, -0.25) is 4.79 Å². The van der Waals surface area contributed by atoms with Gasteiger partial charge in [0.05, 0.1) is 11.7 Å². The summed E-state index contributed by atoms with van der Waals surface area (Å²) in [4.78, 5) is 27.1. The van der Waals surface area contributed by atoms with Crippen molar-refractivity contribution in [3.05, 3.63) is 69.5 Å². The molecule has 1 amide bonds. The van der Waals surface area contributed by atoms with Crippen molar-refractivity contribution >= 4 is 28.2 Å². The average Bonchev–Trinajstić information content (AvgIpc) is 3.48. The Morgan fingerprint density at radius 1 is 1.09 bits per heavy atom. The standard InChI is InChI=1S/C28H33NO5S/c1-4-8-19-11-13-20(14-12-19)32-17-21-15-16-23(34-21)26(30)29-27-25(28(31)33-18(3)5-2)22-9-6-7-10-24(22)35-27/h11-16,18H,4-10,17H2,1-3H3,(H,29,30). The largest absolute Gasteiger partial charge is 0.486 e. The Morgan fingerprint density at radius 3 is 2.60 bits per heavy atom. The van der Waals surface area contributed by atoms with Gasteiger partial charge in [0, 0.05) is 4.88 Å². The van der Waals surface area contributed by atoms with Crippen LogP contribution in [0.2, 0.25) is 0 Å². The predicted octanol–water partition coefficient (Wildman–Crippen LogP) is 6.96. The number of rotatable bonds is 10. The lowest BCUT2D eigenvalue weighted by Crippen LogP contribution is -2.18. The maximum atomic E-state index is 13.0. The maximum Gasteiger partial charge on any atom is 0.341 e. The number of aryl methyl sites for hydroxylation is 2. The van der Waals surface area contributed by atoms with Crippen molar-refractivity contribution in [3.8, 4) is 5.75 Å². The highest BCUT2D eigenvalue weighted by Gasteiger charge is 2.28. The molecule has 0 saturated carbocycles. The van der Waals surface area contributed by atoms with Crippen LogP contribution in [0.25, 0.3) is 0 Å². The number of amides is 1. The van der Waals surface area contributed by atoms with E-state index < -0.39 is 5.91 Å². The van der Waals surface area contributed by atoms with E-state index in [9.17, 15) is 9.59 Å². The second kappa shape index (κ2) is 11.6. The number of esters is 1. The first-order valence-electron chi connectivity index (χ1n) is 12.5. The maximum absolute atomic E-state index is 13.0. The first-order chi connectivity index (χ1) is 17.0. The van der Waals surface area contributed by atoms with Crippen molar-refractivity contribution in [3.63, 3.8) is 0 Å². The van der Waals surface area contributed by atoms with Crippen molar-refractivity contribution in [2.45, 2.75) is 78.4 Å². The molecule has 2 aromatic heterocycles. The molecule has 0 saturated heterocycles. The third kappa shape index (κ3) is 6.14. The fourth-order valence-electron chi connectivity index (χ4n) is 4.13. The van der Waals surface area contributed by atoms with Crippen LogP contribution in [-0.2, 0) is 30.6 Å². The van der Waals surface area contributed by atoms with Crippen molar-refractivity contribution in [2.75, 3.05) is 5.32 Å². The van der Waals surface area contributed by atoms with Crippen molar-refractivity contribution in [2.24, 2.45) is 0 Å². The summed E-state index contributed by atoms with van der Waals surface area (Å²) in [6, 6.07) is 11.4. The van der Waals surface area contributed by atoms with E-state index in [2.05, 4.69) is 24.4 Å². The quantitative estimate of drug-likeness (QED) is 0.308. The van der Waals surface area contributed by atoms with Gasteiger partial charge in [-0.05, 0) is 80.8 Å². The molecule has 1 atom stereocenters. The molecule has 1 unspecified atom stereocenters. The van der Waals surface area contributed by atoms with E-state index in [0.29, 0.717) is 16.3 Å². The van der Waals surface area contributed by atoms with Crippen LogP contribution in [0.5, 0.6) is 5.75 Å². The van der Waals surface area contributed by atoms with E-state index in [0.717, 1.165) is 61.1 Å². The Hall–Kier alpha value is -3.06. The zero-order valence-corrected chi connectivity index (χ0v) is 21.5. The molecule has 7 heteroatoms. The van der Waals surface area contributed by atoms with Gasteiger partial charge in [0.15, 0.2) is 5.76 Å². The summed E-state index contributed by atoms with van der Waals surface area (Å²) in [6.45, 7) is 6.23. The SMILES string of the molecule is CCCc1ccc(OCc2ccc(C(=O)Nc3sc4c(c3C(=O)OC(C)CC)CCCC4)o2)cc1. The van der Waals surface area contributed by atoms with Gasteiger partial charge in [0.1, 0.15) is 23.1 Å². The smallest absolute Gasteiger partial charge is 0.341 e. The molecule has 186 valence electrons. The molecular weight excluding hydrogens is 462 g/mol. The van der Waals surface area contributed by atoms with Crippen molar-refractivity contribution in [1.29, 1.82) is 0 Å². The zero-order chi connectivity index (χ0) is 24.8. The van der Waals surface area contributed by atoms with E-state index in [4.69, 9.17) is 13.9 Å². The minimum absolute atomic E-state index is 0.175. The fourth-order valence-corrected chi connectivity index (χ4v) is 5.41. The number of ether oxygens (including phenoxy) is 2. The highest BCUT2D eigenvalue weighted by Crippen LogP contribution is 2.39. The molecule has 4 rings (SSSR count). The Balaban J connectivity index is 1.43. The number of thiophene rings is 1. The number of hydrogen-bond acceptors (Lipinski definition) is 6. The number of furan rings is 1. The van der Waals surface area contributed by atoms with Gasteiger partial charge < -0.3 is 19.2 Å². The summed E-state index contributed by atoms with van der Waals surface area (Å²) >= 11 is 1.47. The normalized spacial score (nSPS) is 13.7. The Labute approximate surface area is 210 Å². The third-order valence-corrected chi connectivity index (χ3v) is 7.42. The molecule has 1 aliphatic rings. The number of anilines is 1. The molecule has 0 radical (unpaired) electrons. The molecular formula is C28H33NO5S. The topological polar surface area (TPSA) is 77.8 Å². The molecule has 0 aliphatic heterocycles. The van der Waals surface area contributed by atoms with Crippen LogP contribution < -0.4 is 10.1 Å². The van der Waals surface area contributed by atoms with Gasteiger partial charge in [-0.25, -0.2) is 4.79 Å². The van der Waals surface area contributed by atoms with Crippen molar-refractivity contribution < 1.29 is 23.5 Å². The summed E-state index contributed by atoms with van der Waals surface area (Å²) in [6.07, 6.45) is 6.57. The molecule has 1 aliphatic carbocycles. The molecule has 1 N–H and O–H groups in total. The van der Waals surface area contributed by atoms with E-state index in [1.807, 2.05) is 26.0 Å². The molecule has 35 heavy (non-hydrogen) atoms. The van der Waals surface area contributed by atoms with Crippen LogP contribution in [0.4, 0.5) is 5.00 Å². The highest BCUT2D eigenvalue weighted by atomic mass is 32.1. The molecule has 0 spiro atoms. The monoisotopic (exact) mass is 495 g/mol. The highest BCUT2D eigenvalue weighted by molar-refractivity contribution is 7.17. The lowest BCUT2D eigenvalue weighted by molar-refractivity contribution is 0.0335. The van der Waals surface area contributed by atoms with Crippen LogP contribution in [0.1, 0.15) is 89.1 Å². The van der Waals surface area contributed by atoms with Gasteiger partial charge in [-0.1, -0.05) is 32.4 Å². The number of carbonyl (C=O) groups is 2. The molecule has 0 bridgehead atoms. The van der Waals surface area contributed by atoms with Crippen LogP contribution in [0.15, 0.2) is 40.8 Å². The van der Waals surface area contributed by atoms with Crippen molar-refractivity contribution in [1.82, 2.24) is 0 Å². The Bertz CT molecular complexity index is 1160. The number of nitrogens with one attached hydrogen (secondary N) is 1. The van der Waals surface area contributed by atoms with Crippen LogP contribution in [-0.4, -0.2) is 18.0 Å². The summed E-state index contributed by atoms with van der Waals surface area (Å²) in [7, 11) is 0. The molecule has 3 aromatic rings. The second-order valence-electron chi connectivity index (χ2n) is 8.94. The Kier molecular flexibility index (Phi) is 8.29. The summed E-state index contributed by atoms with van der Waals surface area (Å²) in [5.74, 6) is 0.717. The second-order valence-corrected chi connectivity index (χ2v) is 10.0. The molecule has 2 heterocycles. The first kappa shape index (κ1) is 25.0. The molecule has 0 fully saturated rings. The minimum atomic E-state index is -0.392. The van der Waals surface area contributed by atoms with Gasteiger partial charge in [0.25, 0.3) is 5.91 Å². The number of hydrogen-bond donors (Lipinski definition) is 1. The van der Waals surface area contributed by atoms with E-state index in [-0.39, 0.29) is 24.4 Å². The lowest BCUT2D eigenvalue weighted by atomic mass is 9.95. The summed E-state index contributed by atoms with van der Waals surface area (Å²) in [5.41, 5.74) is 2.79. The van der Waals surface area contributed by atoms with Gasteiger partial charge in [-0.15, -0.1) is 11.3 Å². The minimum Gasteiger partial charge on any atom is -0.486 e. The van der Waals surface area contributed by atoms with E-state index in [1.54, 1.807) is 12.1 Å². The lowest BCUT2D eigenvalue weighted by Gasteiger charge is -2.15. The summed E-state index contributed by atoms with van der Waals surface area (Å²) < 4.78 is 17.2.